The predicted octanol–water partition coefficient (Wildman–Crippen LogP) is 0.942. The van der Waals surface area contributed by atoms with Gasteiger partial charge in [0.1, 0.15) is 18.0 Å². The lowest BCUT2D eigenvalue weighted by atomic mass is 10.1. The molecule has 0 radical (unpaired) electrons. The number of imidazole rings is 1. The third kappa shape index (κ3) is 5.04. The van der Waals surface area contributed by atoms with Gasteiger partial charge < -0.3 is 24.0 Å². The number of aromatic nitrogens is 2. The van der Waals surface area contributed by atoms with Gasteiger partial charge in [-0.3, -0.25) is 4.79 Å². The smallest absolute Gasteiger partial charge is 0.224 e. The number of aliphatic hydroxyl groups is 1. The van der Waals surface area contributed by atoms with Crippen LogP contribution in [0.1, 0.15) is 6.42 Å². The largest absolute Gasteiger partial charge is 0.490 e. The van der Waals surface area contributed by atoms with E-state index in [4.69, 9.17) is 9.47 Å². The topological polar surface area (TPSA) is 76.8 Å². The Hall–Kier alpha value is -2.38. The highest BCUT2D eigenvalue weighted by Gasteiger charge is 2.35. The molecular weight excluding hydrogens is 322 g/mol. The highest BCUT2D eigenvalue weighted by molar-refractivity contribution is 5.76. The van der Waals surface area contributed by atoms with Crippen molar-refractivity contribution in [1.29, 1.82) is 0 Å². The highest BCUT2D eigenvalue weighted by atomic mass is 16.5. The van der Waals surface area contributed by atoms with Crippen molar-refractivity contribution >= 4 is 5.91 Å². The van der Waals surface area contributed by atoms with E-state index < -0.39 is 5.60 Å². The fourth-order valence-electron chi connectivity index (χ4n) is 2.75. The highest BCUT2D eigenvalue weighted by Crippen LogP contribution is 2.17. The zero-order valence-corrected chi connectivity index (χ0v) is 14.1. The van der Waals surface area contributed by atoms with Crippen molar-refractivity contribution < 1.29 is 19.4 Å². The van der Waals surface area contributed by atoms with Gasteiger partial charge in [-0.25, -0.2) is 4.98 Å². The summed E-state index contributed by atoms with van der Waals surface area (Å²) in [6, 6.07) is 9.30. The van der Waals surface area contributed by atoms with E-state index in [0.29, 0.717) is 31.9 Å². The third-order valence-electron chi connectivity index (χ3n) is 4.11. The molecule has 0 saturated carbocycles. The zero-order valence-electron chi connectivity index (χ0n) is 14.1. The number of nitrogens with zero attached hydrogens (tertiary/aromatic N) is 3. The van der Waals surface area contributed by atoms with Crippen molar-refractivity contribution in [3.8, 4) is 5.75 Å². The molecule has 7 nitrogen and oxygen atoms in total. The van der Waals surface area contributed by atoms with Gasteiger partial charge in [0.15, 0.2) is 0 Å². The van der Waals surface area contributed by atoms with Crippen molar-refractivity contribution in [3.05, 3.63) is 49.1 Å². The molecule has 1 saturated heterocycles. The summed E-state index contributed by atoms with van der Waals surface area (Å²) >= 11 is 0. The van der Waals surface area contributed by atoms with Gasteiger partial charge in [-0.1, -0.05) is 18.2 Å². The van der Waals surface area contributed by atoms with E-state index in [1.807, 2.05) is 41.1 Å². The van der Waals surface area contributed by atoms with Gasteiger partial charge in [0.2, 0.25) is 5.91 Å². The van der Waals surface area contributed by atoms with E-state index in [1.165, 1.54) is 0 Å². The maximum Gasteiger partial charge on any atom is 0.224 e. The van der Waals surface area contributed by atoms with E-state index in [9.17, 15) is 9.90 Å². The van der Waals surface area contributed by atoms with Gasteiger partial charge in [-0.15, -0.1) is 0 Å². The standard InChI is InChI=1S/C18H23N3O4/c22-17(6-8-20-9-7-19-15-20)21-10-11-24-13-18(23,12-21)14-25-16-4-2-1-3-5-16/h1-5,7,9,15,23H,6,8,10-14H2. The number of carbonyl (C=O) groups is 1. The molecule has 134 valence electrons. The SMILES string of the molecule is O=C(CCn1ccnc1)N1CCOCC(O)(COc2ccccc2)C1. The van der Waals surface area contributed by atoms with Crippen LogP contribution in [0.25, 0.3) is 0 Å². The minimum atomic E-state index is -1.23. The molecule has 0 spiro atoms. The van der Waals surface area contributed by atoms with Crippen molar-refractivity contribution in [1.82, 2.24) is 14.5 Å². The Morgan fingerprint density at radius 2 is 2.20 bits per heavy atom. The molecule has 1 unspecified atom stereocenters. The second-order valence-electron chi connectivity index (χ2n) is 6.24. The molecule has 1 aliphatic rings. The van der Waals surface area contributed by atoms with E-state index >= 15 is 0 Å². The van der Waals surface area contributed by atoms with Gasteiger partial charge in [-0.2, -0.15) is 0 Å². The molecule has 1 aromatic carbocycles. The maximum absolute atomic E-state index is 12.5. The molecule has 2 heterocycles. The van der Waals surface area contributed by atoms with Crippen LogP contribution in [0, 0.1) is 0 Å². The van der Waals surface area contributed by atoms with Gasteiger partial charge in [0.25, 0.3) is 0 Å². The number of para-hydroxylation sites is 1. The average Bonchev–Trinajstić information content (AvgIpc) is 3.07. The Kier molecular flexibility index (Phi) is 5.67. The first-order chi connectivity index (χ1) is 12.1. The number of rotatable bonds is 6. The molecule has 0 bridgehead atoms. The van der Waals surface area contributed by atoms with Crippen molar-refractivity contribution in [2.24, 2.45) is 0 Å². The summed E-state index contributed by atoms with van der Waals surface area (Å²) in [5.41, 5.74) is -1.23. The normalized spacial score (nSPS) is 20.9. The lowest BCUT2D eigenvalue weighted by molar-refractivity contribution is -0.135. The number of ether oxygens (including phenoxy) is 2. The fraction of sp³-hybridized carbons (Fsp3) is 0.444. The number of β-amino-alcohol motifs (C(OH)–C–C–N with tert-alkyl or cyclic N) is 1. The first-order valence-corrected chi connectivity index (χ1v) is 8.36. The van der Waals surface area contributed by atoms with Crippen LogP contribution < -0.4 is 4.74 Å². The third-order valence-corrected chi connectivity index (χ3v) is 4.11. The maximum atomic E-state index is 12.5. The van der Waals surface area contributed by atoms with Gasteiger partial charge in [0, 0.05) is 31.9 Å². The molecule has 3 rings (SSSR count). The molecule has 2 aromatic rings. The quantitative estimate of drug-likeness (QED) is 0.843. The Bertz CT molecular complexity index is 662. The Morgan fingerprint density at radius 1 is 1.36 bits per heavy atom. The molecule has 1 fully saturated rings. The lowest BCUT2D eigenvalue weighted by Gasteiger charge is -2.30. The first kappa shape index (κ1) is 17.4. The van der Waals surface area contributed by atoms with Gasteiger partial charge in [0.05, 0.1) is 26.1 Å². The van der Waals surface area contributed by atoms with E-state index in [0.717, 1.165) is 0 Å². The number of benzene rings is 1. The van der Waals surface area contributed by atoms with Crippen LogP contribution in [0.2, 0.25) is 0 Å². The van der Waals surface area contributed by atoms with E-state index in [-0.39, 0.29) is 25.7 Å². The monoisotopic (exact) mass is 345 g/mol. The summed E-state index contributed by atoms with van der Waals surface area (Å²) in [7, 11) is 0. The van der Waals surface area contributed by atoms with Crippen LogP contribution >= 0.6 is 0 Å². The summed E-state index contributed by atoms with van der Waals surface area (Å²) in [6.45, 7) is 1.85. The second-order valence-corrected chi connectivity index (χ2v) is 6.24. The van der Waals surface area contributed by atoms with Crippen LogP contribution in [0.3, 0.4) is 0 Å². The van der Waals surface area contributed by atoms with Crippen molar-refractivity contribution in [3.63, 3.8) is 0 Å². The molecule has 1 amide bonds. The number of hydrogen-bond acceptors (Lipinski definition) is 5. The minimum Gasteiger partial charge on any atom is -0.490 e. The lowest BCUT2D eigenvalue weighted by Crippen LogP contribution is -2.50. The summed E-state index contributed by atoms with van der Waals surface area (Å²) < 4.78 is 13.0. The molecule has 1 atom stereocenters. The van der Waals surface area contributed by atoms with Crippen LogP contribution in [-0.2, 0) is 16.1 Å². The van der Waals surface area contributed by atoms with Gasteiger partial charge >= 0.3 is 0 Å². The number of amides is 1. The average molecular weight is 345 g/mol. The molecule has 1 aromatic heterocycles. The fourth-order valence-corrected chi connectivity index (χ4v) is 2.75. The van der Waals surface area contributed by atoms with Crippen molar-refractivity contribution in [2.75, 3.05) is 32.9 Å². The molecule has 0 aliphatic carbocycles. The Morgan fingerprint density at radius 3 is 2.96 bits per heavy atom. The minimum absolute atomic E-state index is 0.0164. The van der Waals surface area contributed by atoms with E-state index in [2.05, 4.69) is 4.98 Å². The zero-order chi connectivity index (χ0) is 17.5. The predicted molar refractivity (Wildman–Crippen MR) is 91.1 cm³/mol. The summed E-state index contributed by atoms with van der Waals surface area (Å²) in [5.74, 6) is 0.662. The summed E-state index contributed by atoms with van der Waals surface area (Å²) in [5, 5.41) is 10.8. The Labute approximate surface area is 146 Å². The molecular formula is C18H23N3O4. The summed E-state index contributed by atoms with van der Waals surface area (Å²) in [4.78, 5) is 18.1. The van der Waals surface area contributed by atoms with E-state index in [1.54, 1.807) is 17.4 Å². The van der Waals surface area contributed by atoms with Crippen LogP contribution in [0.4, 0.5) is 0 Å². The second kappa shape index (κ2) is 8.13. The first-order valence-electron chi connectivity index (χ1n) is 8.36. The van der Waals surface area contributed by atoms with Crippen LogP contribution in [-0.4, -0.2) is 64.0 Å². The molecule has 1 N–H and O–H groups in total. The Balaban J connectivity index is 1.56. The van der Waals surface area contributed by atoms with Crippen LogP contribution in [0.15, 0.2) is 49.1 Å². The molecule has 25 heavy (non-hydrogen) atoms. The number of aryl methyl sites for hydroxylation is 1. The van der Waals surface area contributed by atoms with Crippen LogP contribution in [0.5, 0.6) is 5.75 Å². The molecule has 7 heteroatoms. The van der Waals surface area contributed by atoms with Crippen molar-refractivity contribution in [2.45, 2.75) is 18.6 Å². The summed E-state index contributed by atoms with van der Waals surface area (Å²) in [6.07, 6.45) is 5.54. The molecule has 1 aliphatic heterocycles. The number of hydrogen-bond donors (Lipinski definition) is 1. The number of carbonyl (C=O) groups excluding carboxylic acids is 1. The van der Waals surface area contributed by atoms with Gasteiger partial charge in [-0.05, 0) is 12.1 Å².